The summed E-state index contributed by atoms with van der Waals surface area (Å²) in [4.78, 5) is 17.6. The summed E-state index contributed by atoms with van der Waals surface area (Å²) in [6, 6.07) is 23.4. The lowest BCUT2D eigenvalue weighted by molar-refractivity contribution is 0.0951. The largest absolute Gasteiger partial charge is 0.268 e. The van der Waals surface area contributed by atoms with E-state index in [1.165, 1.54) is 28.5 Å². The first-order valence-electron chi connectivity index (χ1n) is 8.17. The Balaban J connectivity index is 1.77. The SMILES string of the molecule is O=C(c1ccccc1F)n1c(SCc2ccccc2)nc2ccccc21. The molecule has 3 nitrogen and oxygen atoms in total. The molecular weight excluding hydrogens is 347 g/mol. The number of fused-ring (bicyclic) bond motifs is 1. The topological polar surface area (TPSA) is 34.9 Å². The van der Waals surface area contributed by atoms with Crippen LogP contribution in [0.3, 0.4) is 0 Å². The molecule has 0 saturated heterocycles. The van der Waals surface area contributed by atoms with E-state index in [-0.39, 0.29) is 5.56 Å². The first kappa shape index (κ1) is 16.5. The van der Waals surface area contributed by atoms with Crippen LogP contribution in [0.1, 0.15) is 15.9 Å². The molecule has 0 amide bonds. The van der Waals surface area contributed by atoms with Crippen molar-refractivity contribution in [2.75, 3.05) is 0 Å². The first-order chi connectivity index (χ1) is 12.7. The van der Waals surface area contributed by atoms with Crippen molar-refractivity contribution in [1.82, 2.24) is 9.55 Å². The number of carbonyl (C=O) groups excluding carboxylic acids is 1. The van der Waals surface area contributed by atoms with Gasteiger partial charge >= 0.3 is 0 Å². The molecule has 0 bridgehead atoms. The zero-order chi connectivity index (χ0) is 17.9. The van der Waals surface area contributed by atoms with Crippen LogP contribution in [0.4, 0.5) is 4.39 Å². The van der Waals surface area contributed by atoms with Gasteiger partial charge in [0.25, 0.3) is 5.91 Å². The molecule has 0 aliphatic carbocycles. The Morgan fingerprint density at radius 1 is 0.923 bits per heavy atom. The van der Waals surface area contributed by atoms with E-state index >= 15 is 0 Å². The van der Waals surface area contributed by atoms with Crippen LogP contribution in [-0.4, -0.2) is 15.5 Å². The third-order valence-corrected chi connectivity index (χ3v) is 5.06. The minimum Gasteiger partial charge on any atom is -0.268 e. The van der Waals surface area contributed by atoms with Gasteiger partial charge in [-0.1, -0.05) is 66.4 Å². The average molecular weight is 362 g/mol. The molecule has 0 saturated carbocycles. The Morgan fingerprint density at radius 2 is 1.62 bits per heavy atom. The van der Waals surface area contributed by atoms with Gasteiger partial charge in [-0.05, 0) is 29.8 Å². The summed E-state index contributed by atoms with van der Waals surface area (Å²) in [5.74, 6) is -0.268. The van der Waals surface area contributed by atoms with E-state index in [0.717, 1.165) is 5.56 Å². The van der Waals surface area contributed by atoms with E-state index in [1.54, 1.807) is 12.1 Å². The Morgan fingerprint density at radius 3 is 2.42 bits per heavy atom. The number of nitrogens with zero attached hydrogens (tertiary/aromatic N) is 2. The van der Waals surface area contributed by atoms with Gasteiger partial charge in [0.2, 0.25) is 0 Å². The Labute approximate surface area is 154 Å². The van der Waals surface area contributed by atoms with Gasteiger partial charge in [-0.15, -0.1) is 0 Å². The number of hydrogen-bond acceptors (Lipinski definition) is 3. The fourth-order valence-electron chi connectivity index (χ4n) is 2.77. The molecule has 128 valence electrons. The number of halogens is 1. The summed E-state index contributed by atoms with van der Waals surface area (Å²) in [7, 11) is 0. The van der Waals surface area contributed by atoms with Crippen molar-refractivity contribution in [1.29, 1.82) is 0 Å². The molecule has 0 radical (unpaired) electrons. The van der Waals surface area contributed by atoms with E-state index in [1.807, 2.05) is 54.6 Å². The van der Waals surface area contributed by atoms with Gasteiger partial charge in [-0.3, -0.25) is 9.36 Å². The van der Waals surface area contributed by atoms with Crippen molar-refractivity contribution in [3.8, 4) is 0 Å². The Hall–Kier alpha value is -2.92. The summed E-state index contributed by atoms with van der Waals surface area (Å²) in [6.45, 7) is 0. The highest BCUT2D eigenvalue weighted by molar-refractivity contribution is 7.98. The number of benzene rings is 3. The summed E-state index contributed by atoms with van der Waals surface area (Å²) in [5.41, 5.74) is 2.57. The monoisotopic (exact) mass is 362 g/mol. The quantitative estimate of drug-likeness (QED) is 0.471. The van der Waals surface area contributed by atoms with Gasteiger partial charge in [-0.2, -0.15) is 0 Å². The molecule has 4 aromatic rings. The molecular formula is C21H15FN2OS. The maximum Gasteiger partial charge on any atom is 0.267 e. The van der Waals surface area contributed by atoms with Crippen molar-refractivity contribution in [3.63, 3.8) is 0 Å². The van der Waals surface area contributed by atoms with Crippen LogP contribution in [-0.2, 0) is 5.75 Å². The summed E-state index contributed by atoms with van der Waals surface area (Å²) < 4.78 is 15.7. The Kier molecular flexibility index (Phi) is 4.54. The van der Waals surface area contributed by atoms with Gasteiger partial charge in [0.05, 0.1) is 16.6 Å². The summed E-state index contributed by atoms with van der Waals surface area (Å²) >= 11 is 1.46. The maximum absolute atomic E-state index is 14.2. The standard InChI is InChI=1S/C21H15FN2OS/c22-17-11-5-4-10-16(17)20(25)24-19-13-7-6-12-18(19)23-21(24)26-14-15-8-2-1-3-9-15/h1-13H,14H2. The highest BCUT2D eigenvalue weighted by atomic mass is 32.2. The van der Waals surface area contributed by atoms with Crippen LogP contribution in [0, 0.1) is 5.82 Å². The molecule has 0 aliphatic rings. The predicted molar refractivity (Wildman–Crippen MR) is 102 cm³/mol. The van der Waals surface area contributed by atoms with Crippen molar-refractivity contribution in [2.24, 2.45) is 0 Å². The molecule has 0 aliphatic heterocycles. The van der Waals surface area contributed by atoms with Crippen molar-refractivity contribution < 1.29 is 9.18 Å². The third kappa shape index (κ3) is 3.13. The molecule has 5 heteroatoms. The fraction of sp³-hybridized carbons (Fsp3) is 0.0476. The van der Waals surface area contributed by atoms with E-state index < -0.39 is 11.7 Å². The molecule has 0 N–H and O–H groups in total. The summed E-state index contributed by atoms with van der Waals surface area (Å²) in [6.07, 6.45) is 0. The second-order valence-corrected chi connectivity index (χ2v) is 6.72. The zero-order valence-corrected chi connectivity index (χ0v) is 14.6. The van der Waals surface area contributed by atoms with Crippen LogP contribution in [0.15, 0.2) is 84.0 Å². The molecule has 4 rings (SSSR count). The van der Waals surface area contributed by atoms with Gasteiger partial charge < -0.3 is 0 Å². The minimum absolute atomic E-state index is 0.0391. The van der Waals surface area contributed by atoms with Crippen LogP contribution in [0.25, 0.3) is 11.0 Å². The van der Waals surface area contributed by atoms with Gasteiger partial charge in [0, 0.05) is 5.75 Å². The zero-order valence-electron chi connectivity index (χ0n) is 13.8. The third-order valence-electron chi connectivity index (χ3n) is 4.05. The average Bonchev–Trinajstić information content (AvgIpc) is 3.05. The lowest BCUT2D eigenvalue weighted by Crippen LogP contribution is -2.14. The van der Waals surface area contributed by atoms with Gasteiger partial charge in [0.1, 0.15) is 5.82 Å². The van der Waals surface area contributed by atoms with Crippen LogP contribution in [0.2, 0.25) is 0 Å². The molecule has 0 fully saturated rings. The second-order valence-electron chi connectivity index (χ2n) is 5.78. The van der Waals surface area contributed by atoms with Crippen molar-refractivity contribution >= 4 is 28.7 Å². The molecule has 0 unspecified atom stereocenters. The minimum atomic E-state index is -0.533. The summed E-state index contributed by atoms with van der Waals surface area (Å²) in [5, 5.41) is 0.559. The lowest BCUT2D eigenvalue weighted by atomic mass is 10.2. The van der Waals surface area contributed by atoms with E-state index in [0.29, 0.717) is 21.9 Å². The number of hydrogen-bond donors (Lipinski definition) is 0. The predicted octanol–water partition coefficient (Wildman–Crippen LogP) is 5.16. The normalized spacial score (nSPS) is 11.0. The molecule has 0 spiro atoms. The highest BCUT2D eigenvalue weighted by Crippen LogP contribution is 2.28. The lowest BCUT2D eigenvalue weighted by Gasteiger charge is -2.08. The van der Waals surface area contributed by atoms with E-state index in [4.69, 9.17) is 0 Å². The molecule has 0 atom stereocenters. The number of carbonyl (C=O) groups is 1. The van der Waals surface area contributed by atoms with E-state index in [9.17, 15) is 9.18 Å². The van der Waals surface area contributed by atoms with Crippen LogP contribution < -0.4 is 0 Å². The van der Waals surface area contributed by atoms with E-state index in [2.05, 4.69) is 4.98 Å². The number of para-hydroxylation sites is 2. The van der Waals surface area contributed by atoms with Crippen molar-refractivity contribution in [2.45, 2.75) is 10.9 Å². The maximum atomic E-state index is 14.2. The number of aromatic nitrogens is 2. The van der Waals surface area contributed by atoms with Crippen LogP contribution >= 0.6 is 11.8 Å². The van der Waals surface area contributed by atoms with Crippen LogP contribution in [0.5, 0.6) is 0 Å². The Bertz CT molecular complexity index is 1080. The fourth-order valence-corrected chi connectivity index (χ4v) is 3.74. The number of rotatable bonds is 4. The number of imidazole rings is 1. The smallest absolute Gasteiger partial charge is 0.267 e. The molecule has 3 aromatic carbocycles. The molecule has 1 heterocycles. The molecule has 26 heavy (non-hydrogen) atoms. The van der Waals surface area contributed by atoms with Gasteiger partial charge in [0.15, 0.2) is 5.16 Å². The van der Waals surface area contributed by atoms with Gasteiger partial charge in [-0.25, -0.2) is 9.37 Å². The molecule has 1 aromatic heterocycles. The van der Waals surface area contributed by atoms with Crippen molar-refractivity contribution in [3.05, 3.63) is 95.8 Å². The first-order valence-corrected chi connectivity index (χ1v) is 9.16. The second kappa shape index (κ2) is 7.14. The number of thioether (sulfide) groups is 1. The highest BCUT2D eigenvalue weighted by Gasteiger charge is 2.20.